The second-order valence-electron chi connectivity index (χ2n) is 4.05. The van der Waals surface area contributed by atoms with Gasteiger partial charge in [-0.25, -0.2) is 0 Å². The standard InChI is InChI=1S/C16H12N2O/c17-11-13-3-1-12(2-4-13)5-10-16(19)14-6-8-15(18)9-7-14/h1-10H,18H2. The van der Waals surface area contributed by atoms with E-state index in [0.717, 1.165) is 5.56 Å². The highest BCUT2D eigenvalue weighted by atomic mass is 16.1. The molecule has 0 unspecified atom stereocenters. The summed E-state index contributed by atoms with van der Waals surface area (Å²) in [5.74, 6) is -0.0793. The van der Waals surface area contributed by atoms with Crippen molar-refractivity contribution in [2.24, 2.45) is 0 Å². The average molecular weight is 248 g/mol. The van der Waals surface area contributed by atoms with Gasteiger partial charge in [0.15, 0.2) is 5.78 Å². The summed E-state index contributed by atoms with van der Waals surface area (Å²) in [6.07, 6.45) is 3.23. The molecule has 0 saturated carbocycles. The van der Waals surface area contributed by atoms with Crippen molar-refractivity contribution in [1.29, 1.82) is 5.26 Å². The predicted octanol–water partition coefficient (Wildman–Crippen LogP) is 3.04. The van der Waals surface area contributed by atoms with Crippen molar-refractivity contribution in [3.63, 3.8) is 0 Å². The van der Waals surface area contributed by atoms with E-state index in [4.69, 9.17) is 11.0 Å². The first-order chi connectivity index (χ1) is 9.19. The zero-order valence-electron chi connectivity index (χ0n) is 10.2. The summed E-state index contributed by atoms with van der Waals surface area (Å²) in [6.45, 7) is 0. The van der Waals surface area contributed by atoms with Gasteiger partial charge in [0.25, 0.3) is 0 Å². The quantitative estimate of drug-likeness (QED) is 0.515. The fourth-order valence-corrected chi connectivity index (χ4v) is 1.58. The van der Waals surface area contributed by atoms with Gasteiger partial charge in [-0.1, -0.05) is 18.2 Å². The normalized spacial score (nSPS) is 10.3. The maximum atomic E-state index is 11.9. The molecule has 2 aromatic carbocycles. The minimum atomic E-state index is -0.0793. The monoisotopic (exact) mass is 248 g/mol. The average Bonchev–Trinajstić information content (AvgIpc) is 2.46. The van der Waals surface area contributed by atoms with Crippen molar-refractivity contribution in [2.75, 3.05) is 5.73 Å². The summed E-state index contributed by atoms with van der Waals surface area (Å²) in [6, 6.07) is 15.9. The van der Waals surface area contributed by atoms with Gasteiger partial charge in [0.2, 0.25) is 0 Å². The van der Waals surface area contributed by atoms with Gasteiger partial charge < -0.3 is 5.73 Å². The highest BCUT2D eigenvalue weighted by molar-refractivity contribution is 6.06. The second kappa shape index (κ2) is 5.65. The first-order valence-electron chi connectivity index (χ1n) is 5.77. The fourth-order valence-electron chi connectivity index (χ4n) is 1.58. The molecule has 0 radical (unpaired) electrons. The molecular weight excluding hydrogens is 236 g/mol. The van der Waals surface area contributed by atoms with Gasteiger partial charge >= 0.3 is 0 Å². The summed E-state index contributed by atoms with van der Waals surface area (Å²) in [5.41, 5.74) is 8.27. The third-order valence-electron chi connectivity index (χ3n) is 2.66. The van der Waals surface area contributed by atoms with Crippen LogP contribution in [-0.4, -0.2) is 5.78 Å². The van der Waals surface area contributed by atoms with Crippen LogP contribution in [0.2, 0.25) is 0 Å². The molecule has 0 aliphatic rings. The molecule has 0 bridgehead atoms. The topological polar surface area (TPSA) is 66.9 Å². The Hall–Kier alpha value is -2.86. The zero-order chi connectivity index (χ0) is 13.7. The number of nitrogens with zero attached hydrogens (tertiary/aromatic N) is 1. The molecule has 2 N–H and O–H groups in total. The lowest BCUT2D eigenvalue weighted by Crippen LogP contribution is -1.94. The number of anilines is 1. The number of carbonyl (C=O) groups excluding carboxylic acids is 1. The number of nitrogens with two attached hydrogens (primary N) is 1. The highest BCUT2D eigenvalue weighted by Gasteiger charge is 2.00. The molecule has 3 heteroatoms. The van der Waals surface area contributed by atoms with Crippen LogP contribution in [-0.2, 0) is 0 Å². The van der Waals surface area contributed by atoms with Crippen LogP contribution >= 0.6 is 0 Å². The number of hydrogen-bond donors (Lipinski definition) is 1. The Bertz CT molecular complexity index is 647. The molecule has 19 heavy (non-hydrogen) atoms. The van der Waals surface area contributed by atoms with Gasteiger partial charge in [-0.05, 0) is 48.0 Å². The Kier molecular flexibility index (Phi) is 3.75. The number of allylic oxidation sites excluding steroid dienone is 1. The Labute approximate surface area is 111 Å². The van der Waals surface area contributed by atoms with Crippen molar-refractivity contribution >= 4 is 17.5 Å². The summed E-state index contributed by atoms with van der Waals surface area (Å²) in [7, 11) is 0. The Morgan fingerprint density at radius 3 is 2.26 bits per heavy atom. The zero-order valence-corrected chi connectivity index (χ0v) is 10.2. The molecule has 3 nitrogen and oxygen atoms in total. The lowest BCUT2D eigenvalue weighted by Gasteiger charge is -1.97. The second-order valence-corrected chi connectivity index (χ2v) is 4.05. The molecular formula is C16H12N2O. The Morgan fingerprint density at radius 1 is 1.05 bits per heavy atom. The van der Waals surface area contributed by atoms with Crippen molar-refractivity contribution < 1.29 is 4.79 Å². The number of hydrogen-bond acceptors (Lipinski definition) is 3. The van der Waals surface area contributed by atoms with E-state index in [-0.39, 0.29) is 5.78 Å². The molecule has 2 rings (SSSR count). The van der Waals surface area contributed by atoms with Crippen LogP contribution in [0.15, 0.2) is 54.6 Å². The number of carbonyl (C=O) groups is 1. The predicted molar refractivity (Wildman–Crippen MR) is 75.4 cm³/mol. The van der Waals surface area contributed by atoms with Gasteiger partial charge in [-0.15, -0.1) is 0 Å². The number of nitrogen functional groups attached to an aromatic ring is 1. The molecule has 0 heterocycles. The third-order valence-corrected chi connectivity index (χ3v) is 2.66. The summed E-state index contributed by atoms with van der Waals surface area (Å²) < 4.78 is 0. The lowest BCUT2D eigenvalue weighted by atomic mass is 10.1. The fraction of sp³-hybridized carbons (Fsp3) is 0. The smallest absolute Gasteiger partial charge is 0.185 e. The Balaban J connectivity index is 2.11. The largest absolute Gasteiger partial charge is 0.399 e. The molecule has 92 valence electrons. The van der Waals surface area contributed by atoms with Crippen LogP contribution in [0, 0.1) is 11.3 Å². The van der Waals surface area contributed by atoms with E-state index in [2.05, 4.69) is 0 Å². The summed E-state index contributed by atoms with van der Waals surface area (Å²) in [5, 5.41) is 8.69. The maximum absolute atomic E-state index is 11.9. The summed E-state index contributed by atoms with van der Waals surface area (Å²) in [4.78, 5) is 11.9. The minimum Gasteiger partial charge on any atom is -0.399 e. The minimum absolute atomic E-state index is 0.0793. The highest BCUT2D eigenvalue weighted by Crippen LogP contribution is 2.09. The Morgan fingerprint density at radius 2 is 1.68 bits per heavy atom. The van der Waals surface area contributed by atoms with E-state index in [1.807, 2.05) is 6.07 Å². The van der Waals surface area contributed by atoms with E-state index in [1.54, 1.807) is 54.6 Å². The molecule has 0 aliphatic carbocycles. The van der Waals surface area contributed by atoms with E-state index in [0.29, 0.717) is 16.8 Å². The van der Waals surface area contributed by atoms with Crippen molar-refractivity contribution in [3.05, 3.63) is 71.3 Å². The van der Waals surface area contributed by atoms with E-state index < -0.39 is 0 Å². The lowest BCUT2D eigenvalue weighted by molar-refractivity contribution is 0.104. The van der Waals surface area contributed by atoms with Crippen molar-refractivity contribution in [2.45, 2.75) is 0 Å². The number of ketones is 1. The molecule has 0 fully saturated rings. The molecule has 0 spiro atoms. The van der Waals surface area contributed by atoms with Crippen LogP contribution in [0.4, 0.5) is 5.69 Å². The van der Waals surface area contributed by atoms with E-state index in [1.165, 1.54) is 6.08 Å². The maximum Gasteiger partial charge on any atom is 0.185 e. The number of nitriles is 1. The van der Waals surface area contributed by atoms with Crippen LogP contribution < -0.4 is 5.73 Å². The summed E-state index contributed by atoms with van der Waals surface area (Å²) >= 11 is 0. The molecule has 0 atom stereocenters. The number of benzene rings is 2. The molecule has 0 aromatic heterocycles. The molecule has 0 aliphatic heterocycles. The van der Waals surface area contributed by atoms with Crippen molar-refractivity contribution in [1.82, 2.24) is 0 Å². The van der Waals surface area contributed by atoms with Gasteiger partial charge in [0.05, 0.1) is 11.6 Å². The van der Waals surface area contributed by atoms with E-state index >= 15 is 0 Å². The number of rotatable bonds is 3. The molecule has 0 amide bonds. The van der Waals surface area contributed by atoms with Gasteiger partial charge in [0, 0.05) is 11.3 Å². The van der Waals surface area contributed by atoms with Crippen LogP contribution in [0.3, 0.4) is 0 Å². The molecule has 0 saturated heterocycles. The van der Waals surface area contributed by atoms with Crippen molar-refractivity contribution in [3.8, 4) is 6.07 Å². The SMILES string of the molecule is N#Cc1ccc(C=CC(=O)c2ccc(N)cc2)cc1. The molecule has 2 aromatic rings. The third kappa shape index (κ3) is 3.30. The van der Waals surface area contributed by atoms with Gasteiger partial charge in [-0.3, -0.25) is 4.79 Å². The van der Waals surface area contributed by atoms with Gasteiger partial charge in [-0.2, -0.15) is 5.26 Å². The van der Waals surface area contributed by atoms with E-state index in [9.17, 15) is 4.79 Å². The van der Waals surface area contributed by atoms with Crippen LogP contribution in [0.25, 0.3) is 6.08 Å². The van der Waals surface area contributed by atoms with Gasteiger partial charge in [0.1, 0.15) is 0 Å². The van der Waals surface area contributed by atoms with Crippen LogP contribution in [0.5, 0.6) is 0 Å². The van der Waals surface area contributed by atoms with Crippen LogP contribution in [0.1, 0.15) is 21.5 Å². The first kappa shape index (κ1) is 12.6. The first-order valence-corrected chi connectivity index (χ1v) is 5.77.